The van der Waals surface area contributed by atoms with Crippen molar-refractivity contribution in [1.82, 2.24) is 5.32 Å². The van der Waals surface area contributed by atoms with Crippen LogP contribution in [0.1, 0.15) is 34.5 Å². The molecule has 35 heavy (non-hydrogen) atoms. The first-order valence-corrected chi connectivity index (χ1v) is 14.0. The molecule has 0 bridgehead atoms. The second-order valence-electron chi connectivity index (χ2n) is 7.95. The number of amides is 1. The van der Waals surface area contributed by atoms with E-state index in [2.05, 4.69) is 5.32 Å². The van der Waals surface area contributed by atoms with Crippen molar-refractivity contribution in [1.29, 1.82) is 0 Å². The average Bonchev–Trinajstić information content (AvgIpc) is 2.86. The fraction of sp³-hybridized carbons (Fsp3) is 0.269. The molecule has 0 unspecified atom stereocenters. The molecule has 0 aromatic heterocycles. The summed E-state index contributed by atoms with van der Waals surface area (Å²) in [5.41, 5.74) is 2.08. The molecular weight excluding hydrogens is 484 g/mol. The van der Waals surface area contributed by atoms with E-state index in [0.29, 0.717) is 11.5 Å². The van der Waals surface area contributed by atoms with Crippen molar-refractivity contribution in [3.05, 3.63) is 83.4 Å². The second-order valence-corrected chi connectivity index (χ2v) is 10.7. The Balaban J connectivity index is 2.05. The van der Waals surface area contributed by atoms with Gasteiger partial charge in [-0.05, 0) is 42.5 Å². The summed E-state index contributed by atoms with van der Waals surface area (Å²) in [5, 5.41) is 2.99. The first-order valence-electron chi connectivity index (χ1n) is 10.9. The van der Waals surface area contributed by atoms with Crippen LogP contribution in [0.25, 0.3) is 0 Å². The van der Waals surface area contributed by atoms with Crippen LogP contribution >= 0.6 is 11.8 Å². The Morgan fingerprint density at radius 2 is 1.60 bits per heavy atom. The van der Waals surface area contributed by atoms with Gasteiger partial charge >= 0.3 is 0 Å². The Bertz CT molecular complexity index is 1260. The number of hydrogen-bond donors (Lipinski definition) is 1. The number of methoxy groups -OCH3 is 2. The zero-order valence-corrected chi connectivity index (χ0v) is 22.1. The molecule has 0 saturated carbocycles. The summed E-state index contributed by atoms with van der Waals surface area (Å²) >= 11 is 1.64. The van der Waals surface area contributed by atoms with E-state index in [0.717, 1.165) is 22.3 Å². The molecule has 1 amide bonds. The molecular formula is C26H30N2O5S2. The van der Waals surface area contributed by atoms with Crippen LogP contribution < -0.4 is 19.1 Å². The molecule has 1 atom stereocenters. The number of thioether (sulfide) groups is 1. The minimum Gasteiger partial charge on any atom is -0.493 e. The zero-order valence-electron chi connectivity index (χ0n) is 20.4. The van der Waals surface area contributed by atoms with E-state index in [9.17, 15) is 13.2 Å². The Hall–Kier alpha value is -3.17. The van der Waals surface area contributed by atoms with E-state index in [1.54, 1.807) is 11.8 Å². The van der Waals surface area contributed by atoms with Crippen molar-refractivity contribution in [2.75, 3.05) is 31.0 Å². The summed E-state index contributed by atoms with van der Waals surface area (Å²) in [7, 11) is -0.823. The van der Waals surface area contributed by atoms with Gasteiger partial charge in [0.1, 0.15) is 0 Å². The van der Waals surface area contributed by atoms with Crippen molar-refractivity contribution in [2.45, 2.75) is 24.4 Å². The lowest BCUT2D eigenvalue weighted by Crippen LogP contribution is -2.33. The number of benzene rings is 3. The summed E-state index contributed by atoms with van der Waals surface area (Å²) in [6, 6.07) is 19.8. The minimum absolute atomic E-state index is 0.0567. The van der Waals surface area contributed by atoms with Crippen LogP contribution in [-0.2, 0) is 16.6 Å². The number of nitrogens with one attached hydrogen (secondary N) is 1. The standard InChI is InChI=1S/C26H30N2O5S2/c1-18(20-11-13-21(34-4)14-12-20)27-26(29)22-15-24(32-2)25(33-3)16-23(22)28(35(5,30)31)17-19-9-7-6-8-10-19/h6-16,18H,17H2,1-5H3,(H,27,29)/t18-/m0/s1. The number of rotatable bonds is 10. The molecule has 0 aliphatic carbocycles. The van der Waals surface area contributed by atoms with Crippen LogP contribution in [0.5, 0.6) is 11.5 Å². The molecule has 7 nitrogen and oxygen atoms in total. The van der Waals surface area contributed by atoms with Crippen LogP contribution in [0.2, 0.25) is 0 Å². The Morgan fingerprint density at radius 1 is 1.00 bits per heavy atom. The van der Waals surface area contributed by atoms with Gasteiger partial charge in [0.15, 0.2) is 11.5 Å². The van der Waals surface area contributed by atoms with Crippen molar-refractivity contribution in [3.8, 4) is 11.5 Å². The number of carbonyl (C=O) groups is 1. The molecule has 0 radical (unpaired) electrons. The predicted octanol–water partition coefficient (Wildman–Crippen LogP) is 4.88. The number of nitrogens with zero attached hydrogens (tertiary/aromatic N) is 1. The predicted molar refractivity (Wildman–Crippen MR) is 141 cm³/mol. The molecule has 0 heterocycles. The molecule has 3 aromatic carbocycles. The van der Waals surface area contributed by atoms with Crippen molar-refractivity contribution < 1.29 is 22.7 Å². The normalized spacial score (nSPS) is 12.0. The highest BCUT2D eigenvalue weighted by Crippen LogP contribution is 2.37. The van der Waals surface area contributed by atoms with Crippen molar-refractivity contribution in [3.63, 3.8) is 0 Å². The zero-order chi connectivity index (χ0) is 25.6. The molecule has 186 valence electrons. The number of hydrogen-bond acceptors (Lipinski definition) is 6. The highest BCUT2D eigenvalue weighted by Gasteiger charge is 2.27. The van der Waals surface area contributed by atoms with Crippen molar-refractivity contribution in [2.24, 2.45) is 0 Å². The van der Waals surface area contributed by atoms with E-state index < -0.39 is 15.9 Å². The van der Waals surface area contributed by atoms with Gasteiger partial charge in [0.05, 0.1) is 44.3 Å². The number of anilines is 1. The van der Waals surface area contributed by atoms with Gasteiger partial charge in [-0.2, -0.15) is 0 Å². The lowest BCUT2D eigenvalue weighted by Gasteiger charge is -2.26. The summed E-state index contributed by atoms with van der Waals surface area (Å²) < 4.78 is 37.8. The van der Waals surface area contributed by atoms with Gasteiger partial charge in [-0.15, -0.1) is 11.8 Å². The third-order valence-electron chi connectivity index (χ3n) is 5.55. The molecule has 0 aliphatic rings. The van der Waals surface area contributed by atoms with Crippen molar-refractivity contribution >= 4 is 33.4 Å². The highest BCUT2D eigenvalue weighted by atomic mass is 32.2. The van der Waals surface area contributed by atoms with Gasteiger partial charge in [-0.3, -0.25) is 9.10 Å². The fourth-order valence-electron chi connectivity index (χ4n) is 3.64. The summed E-state index contributed by atoms with van der Waals surface area (Å²) in [6.45, 7) is 1.94. The fourth-order valence-corrected chi connectivity index (χ4v) is 4.94. The topological polar surface area (TPSA) is 84.9 Å². The smallest absolute Gasteiger partial charge is 0.254 e. The van der Waals surface area contributed by atoms with Gasteiger partial charge in [-0.25, -0.2) is 8.42 Å². The maximum Gasteiger partial charge on any atom is 0.254 e. The summed E-state index contributed by atoms with van der Waals surface area (Å²) in [4.78, 5) is 14.6. The van der Waals surface area contributed by atoms with E-state index in [1.807, 2.05) is 67.8 Å². The monoisotopic (exact) mass is 514 g/mol. The lowest BCUT2D eigenvalue weighted by atomic mass is 10.1. The third kappa shape index (κ3) is 6.49. The maximum absolute atomic E-state index is 13.5. The molecule has 0 aliphatic heterocycles. The molecule has 3 aromatic rings. The quantitative estimate of drug-likeness (QED) is 0.388. The summed E-state index contributed by atoms with van der Waals surface area (Å²) in [5.74, 6) is 0.220. The Morgan fingerprint density at radius 3 is 2.14 bits per heavy atom. The van der Waals surface area contributed by atoms with Crippen LogP contribution in [0.4, 0.5) is 5.69 Å². The Kier molecular flexibility index (Phi) is 8.69. The molecule has 0 fully saturated rings. The van der Waals surface area contributed by atoms with Gasteiger partial charge in [0.25, 0.3) is 5.91 Å². The lowest BCUT2D eigenvalue weighted by molar-refractivity contribution is 0.0940. The van der Waals surface area contributed by atoms with E-state index >= 15 is 0 Å². The second kappa shape index (κ2) is 11.5. The van der Waals surface area contributed by atoms with Gasteiger partial charge in [-0.1, -0.05) is 42.5 Å². The van der Waals surface area contributed by atoms with E-state index in [4.69, 9.17) is 9.47 Å². The molecule has 3 rings (SSSR count). The number of sulfonamides is 1. The SMILES string of the molecule is COc1cc(C(=O)N[C@@H](C)c2ccc(SC)cc2)c(N(Cc2ccccc2)S(C)(=O)=O)cc1OC. The number of ether oxygens (including phenoxy) is 2. The van der Waals surface area contributed by atoms with Crippen LogP contribution in [0.3, 0.4) is 0 Å². The first kappa shape index (κ1) is 26.4. The summed E-state index contributed by atoms with van der Waals surface area (Å²) in [6.07, 6.45) is 3.12. The van der Waals surface area contributed by atoms with Gasteiger partial charge in [0.2, 0.25) is 10.0 Å². The van der Waals surface area contributed by atoms with Gasteiger partial charge < -0.3 is 14.8 Å². The Labute approximate surface area is 211 Å². The number of carbonyl (C=O) groups excluding carboxylic acids is 1. The maximum atomic E-state index is 13.5. The minimum atomic E-state index is -3.75. The van der Waals surface area contributed by atoms with E-state index in [-0.39, 0.29) is 23.8 Å². The van der Waals surface area contributed by atoms with Crippen LogP contribution in [-0.4, -0.2) is 41.1 Å². The van der Waals surface area contributed by atoms with Crippen LogP contribution in [0, 0.1) is 0 Å². The largest absolute Gasteiger partial charge is 0.493 e. The highest BCUT2D eigenvalue weighted by molar-refractivity contribution is 7.98. The molecule has 0 spiro atoms. The first-order chi connectivity index (χ1) is 16.7. The molecule has 1 N–H and O–H groups in total. The van der Waals surface area contributed by atoms with E-state index in [1.165, 1.54) is 30.7 Å². The molecule has 0 saturated heterocycles. The molecule has 9 heteroatoms. The average molecular weight is 515 g/mol. The third-order valence-corrected chi connectivity index (χ3v) is 7.42. The van der Waals surface area contributed by atoms with Crippen LogP contribution in [0.15, 0.2) is 71.6 Å². The van der Waals surface area contributed by atoms with Gasteiger partial charge in [0, 0.05) is 11.0 Å².